The first-order valence-corrected chi connectivity index (χ1v) is 6.74. The zero-order valence-corrected chi connectivity index (χ0v) is 10.1. The van der Waals surface area contributed by atoms with Crippen LogP contribution in [0.5, 0.6) is 0 Å². The van der Waals surface area contributed by atoms with Gasteiger partial charge in [-0.15, -0.1) is 11.6 Å². The van der Waals surface area contributed by atoms with Gasteiger partial charge in [-0.05, 0) is 19.1 Å². The maximum absolute atomic E-state index is 11.8. The fourth-order valence-electron chi connectivity index (χ4n) is 1.03. The van der Waals surface area contributed by atoms with Gasteiger partial charge in [0.2, 0.25) is 0 Å². The van der Waals surface area contributed by atoms with E-state index >= 15 is 0 Å². The maximum atomic E-state index is 11.8. The van der Waals surface area contributed by atoms with Crippen LogP contribution in [0.15, 0.2) is 46.9 Å². The minimum atomic E-state index is -3.20. The van der Waals surface area contributed by atoms with Gasteiger partial charge in [0.15, 0.2) is 9.84 Å². The van der Waals surface area contributed by atoms with Gasteiger partial charge in [0, 0.05) is 5.88 Å². The van der Waals surface area contributed by atoms with Crippen LogP contribution in [-0.2, 0) is 9.84 Å². The predicted molar refractivity (Wildman–Crippen MR) is 63.0 cm³/mol. The number of rotatable bonds is 4. The van der Waals surface area contributed by atoms with Gasteiger partial charge < -0.3 is 0 Å². The van der Waals surface area contributed by atoms with Crippen LogP contribution in [0, 0.1) is 0 Å². The van der Waals surface area contributed by atoms with Crippen molar-refractivity contribution in [3.05, 3.63) is 42.0 Å². The first kappa shape index (κ1) is 12.3. The van der Waals surface area contributed by atoms with Crippen LogP contribution in [-0.4, -0.2) is 20.1 Å². The highest BCUT2D eigenvalue weighted by Gasteiger charge is 2.11. The van der Waals surface area contributed by atoms with Crippen molar-refractivity contribution in [3.63, 3.8) is 0 Å². The molecule has 0 unspecified atom stereocenters. The minimum Gasteiger partial charge on any atom is -0.223 e. The molecule has 0 radical (unpaired) electrons. The summed E-state index contributed by atoms with van der Waals surface area (Å²) in [5.74, 6) is 0.375. The zero-order valence-electron chi connectivity index (χ0n) is 8.48. The summed E-state index contributed by atoms with van der Waals surface area (Å²) in [7, 11) is -3.20. The molecule has 0 saturated carbocycles. The van der Waals surface area contributed by atoms with E-state index in [9.17, 15) is 8.42 Å². The van der Waals surface area contributed by atoms with Crippen LogP contribution in [0.4, 0.5) is 0 Å². The topological polar surface area (TPSA) is 34.1 Å². The van der Waals surface area contributed by atoms with Gasteiger partial charge in [-0.1, -0.05) is 29.8 Å². The van der Waals surface area contributed by atoms with Gasteiger partial charge in [-0.3, -0.25) is 0 Å². The van der Waals surface area contributed by atoms with Crippen LogP contribution in [0.25, 0.3) is 0 Å². The predicted octanol–water partition coefficient (Wildman–Crippen LogP) is 2.65. The Kier molecular flexibility index (Phi) is 4.36. The van der Waals surface area contributed by atoms with E-state index in [1.165, 1.54) is 0 Å². The largest absolute Gasteiger partial charge is 0.223 e. The van der Waals surface area contributed by atoms with E-state index in [1.807, 2.05) is 6.92 Å². The van der Waals surface area contributed by atoms with Gasteiger partial charge in [0.05, 0.1) is 10.6 Å². The van der Waals surface area contributed by atoms with Crippen LogP contribution in [0.2, 0.25) is 0 Å². The highest BCUT2D eigenvalue weighted by molar-refractivity contribution is 7.91. The molecule has 0 N–H and O–H groups in total. The minimum absolute atomic E-state index is 0.00949. The Labute approximate surface area is 95.5 Å². The summed E-state index contributed by atoms with van der Waals surface area (Å²) in [5, 5.41) is 0. The fourth-order valence-corrected chi connectivity index (χ4v) is 2.41. The lowest BCUT2D eigenvalue weighted by molar-refractivity contribution is 0.599. The van der Waals surface area contributed by atoms with Crippen LogP contribution >= 0.6 is 11.6 Å². The molecule has 0 atom stereocenters. The highest BCUT2D eigenvalue weighted by Crippen LogP contribution is 2.11. The van der Waals surface area contributed by atoms with E-state index < -0.39 is 9.84 Å². The quantitative estimate of drug-likeness (QED) is 0.603. The molecule has 15 heavy (non-hydrogen) atoms. The van der Waals surface area contributed by atoms with Gasteiger partial charge >= 0.3 is 0 Å². The molecule has 0 aliphatic heterocycles. The standard InChI is InChI=1S/C11H13ClO2S/c1-10(9-12)7-8-15(13,14)11-5-3-2-4-6-11/h2-7H,8-9H2,1H3. The third kappa shape index (κ3) is 3.68. The summed E-state index contributed by atoms with van der Waals surface area (Å²) >= 11 is 5.56. The van der Waals surface area contributed by atoms with Crippen molar-refractivity contribution in [3.8, 4) is 0 Å². The summed E-state index contributed by atoms with van der Waals surface area (Å²) in [6.07, 6.45) is 1.65. The molecule has 1 rings (SSSR count). The summed E-state index contributed by atoms with van der Waals surface area (Å²) in [6.45, 7) is 1.81. The molecule has 0 spiro atoms. The first-order chi connectivity index (χ1) is 7.06. The van der Waals surface area contributed by atoms with Crippen molar-refractivity contribution in [2.45, 2.75) is 11.8 Å². The highest BCUT2D eigenvalue weighted by atomic mass is 35.5. The van der Waals surface area contributed by atoms with Gasteiger partial charge in [-0.25, -0.2) is 8.42 Å². The lowest BCUT2D eigenvalue weighted by Gasteiger charge is -2.01. The van der Waals surface area contributed by atoms with Crippen molar-refractivity contribution in [1.82, 2.24) is 0 Å². The van der Waals surface area contributed by atoms with Crippen LogP contribution in [0.1, 0.15) is 6.92 Å². The Hall–Kier alpha value is -0.800. The molecule has 1 aromatic rings. The van der Waals surface area contributed by atoms with E-state index in [-0.39, 0.29) is 5.75 Å². The molecule has 0 aliphatic carbocycles. The Balaban J connectivity index is 2.87. The van der Waals surface area contributed by atoms with Crippen molar-refractivity contribution in [2.75, 3.05) is 11.6 Å². The molecule has 0 amide bonds. The third-order valence-corrected chi connectivity index (χ3v) is 3.98. The second kappa shape index (κ2) is 5.33. The van der Waals surface area contributed by atoms with E-state index in [0.29, 0.717) is 10.8 Å². The molecule has 2 nitrogen and oxygen atoms in total. The molecular weight excluding hydrogens is 232 g/mol. The van der Waals surface area contributed by atoms with E-state index in [0.717, 1.165) is 5.57 Å². The van der Waals surface area contributed by atoms with Crippen molar-refractivity contribution in [1.29, 1.82) is 0 Å². The number of hydrogen-bond donors (Lipinski definition) is 0. The zero-order chi connectivity index (χ0) is 11.3. The molecule has 0 fully saturated rings. The fraction of sp³-hybridized carbons (Fsp3) is 0.273. The van der Waals surface area contributed by atoms with Gasteiger partial charge in [0.1, 0.15) is 0 Å². The normalized spacial score (nSPS) is 12.8. The Morgan fingerprint density at radius 1 is 1.33 bits per heavy atom. The summed E-state index contributed by atoms with van der Waals surface area (Å²) in [4.78, 5) is 0.351. The lowest BCUT2D eigenvalue weighted by atomic mass is 10.3. The van der Waals surface area contributed by atoms with Crippen LogP contribution in [0.3, 0.4) is 0 Å². The van der Waals surface area contributed by atoms with Crippen molar-refractivity contribution >= 4 is 21.4 Å². The second-order valence-corrected chi connectivity index (χ2v) is 5.58. The number of benzene rings is 1. The van der Waals surface area contributed by atoms with Crippen LogP contribution < -0.4 is 0 Å². The Morgan fingerprint density at radius 3 is 2.47 bits per heavy atom. The molecule has 1 aromatic carbocycles. The molecule has 0 aliphatic rings. The van der Waals surface area contributed by atoms with Gasteiger partial charge in [0.25, 0.3) is 0 Å². The summed E-state index contributed by atoms with van der Waals surface area (Å²) in [5.41, 5.74) is 0.871. The first-order valence-electron chi connectivity index (χ1n) is 4.55. The van der Waals surface area contributed by atoms with E-state index in [2.05, 4.69) is 0 Å². The Bertz CT molecular complexity index is 435. The maximum Gasteiger partial charge on any atom is 0.181 e. The molecule has 0 saturated heterocycles. The van der Waals surface area contributed by atoms with E-state index in [1.54, 1.807) is 36.4 Å². The second-order valence-electron chi connectivity index (χ2n) is 3.28. The molecule has 4 heteroatoms. The number of allylic oxidation sites excluding steroid dienone is 1. The molecule has 0 heterocycles. The average Bonchev–Trinajstić information content (AvgIpc) is 2.27. The van der Waals surface area contributed by atoms with Crippen molar-refractivity contribution in [2.24, 2.45) is 0 Å². The number of hydrogen-bond acceptors (Lipinski definition) is 2. The number of alkyl halides is 1. The summed E-state index contributed by atoms with van der Waals surface area (Å²) < 4.78 is 23.5. The summed E-state index contributed by atoms with van der Waals surface area (Å²) in [6, 6.07) is 8.41. The number of halogens is 1. The molecule has 82 valence electrons. The lowest BCUT2D eigenvalue weighted by Crippen LogP contribution is -2.05. The monoisotopic (exact) mass is 244 g/mol. The average molecular weight is 245 g/mol. The SMILES string of the molecule is CC(=CCS(=O)(=O)c1ccccc1)CCl. The Morgan fingerprint density at radius 2 is 1.93 bits per heavy atom. The molecule has 0 aromatic heterocycles. The molecule has 0 bridgehead atoms. The van der Waals surface area contributed by atoms with Gasteiger partial charge in [-0.2, -0.15) is 0 Å². The van der Waals surface area contributed by atoms with Crippen molar-refractivity contribution < 1.29 is 8.42 Å². The molecular formula is C11H13ClO2S. The van der Waals surface area contributed by atoms with E-state index in [4.69, 9.17) is 11.6 Å². The smallest absolute Gasteiger partial charge is 0.181 e. The third-order valence-electron chi connectivity index (χ3n) is 1.96. The number of sulfone groups is 1.